The topological polar surface area (TPSA) is 157 Å². The average molecular weight is 604 g/mol. The Morgan fingerprint density at radius 3 is 2.26 bits per heavy atom. The van der Waals surface area contributed by atoms with Crippen LogP contribution in [-0.4, -0.2) is 74.5 Å². The summed E-state index contributed by atoms with van der Waals surface area (Å²) in [5.41, 5.74) is 0.694. The number of ether oxygens (including phenoxy) is 3. The number of hydrogen-bond donors (Lipinski definition) is 2. The molecule has 2 aromatic rings. The molecule has 2 aromatic carbocycles. The molecule has 2 amide bonds. The maximum absolute atomic E-state index is 13.4. The van der Waals surface area contributed by atoms with Crippen molar-refractivity contribution in [1.82, 2.24) is 14.9 Å². The van der Waals surface area contributed by atoms with Crippen molar-refractivity contribution in [3.05, 3.63) is 59.7 Å². The fourth-order valence-corrected chi connectivity index (χ4v) is 5.91. The van der Waals surface area contributed by atoms with E-state index in [0.717, 1.165) is 5.56 Å². The van der Waals surface area contributed by atoms with E-state index in [1.54, 1.807) is 45.0 Å². The average Bonchev–Trinajstić information content (AvgIpc) is 3.43. The zero-order valence-corrected chi connectivity index (χ0v) is 25.2. The maximum Gasteiger partial charge on any atom is 0.413 e. The molecule has 0 spiro atoms. The van der Waals surface area contributed by atoms with Crippen LogP contribution in [0.25, 0.3) is 0 Å². The highest BCUT2D eigenvalue weighted by Gasteiger charge is 2.41. The number of sulfonamides is 1. The molecule has 1 fully saturated rings. The molecule has 0 saturated carbocycles. The fourth-order valence-electron chi connectivity index (χ4n) is 4.26. The van der Waals surface area contributed by atoms with Crippen molar-refractivity contribution in [3.8, 4) is 5.75 Å². The van der Waals surface area contributed by atoms with Crippen LogP contribution < -0.4 is 15.4 Å². The Balaban J connectivity index is 1.74. The Bertz CT molecular complexity index is 1380. The minimum atomic E-state index is -3.93. The number of carbonyl (C=O) groups is 4. The van der Waals surface area contributed by atoms with Gasteiger partial charge in [0.05, 0.1) is 12.0 Å². The summed E-state index contributed by atoms with van der Waals surface area (Å²) < 4.78 is 43.0. The summed E-state index contributed by atoms with van der Waals surface area (Å²) >= 11 is 0. The summed E-state index contributed by atoms with van der Waals surface area (Å²) in [6.07, 6.45) is -0.0158. The molecule has 2 N–H and O–H groups in total. The molecule has 228 valence electrons. The smallest absolute Gasteiger partial charge is 0.413 e. The molecule has 1 heterocycles. The second kappa shape index (κ2) is 13.8. The zero-order valence-electron chi connectivity index (χ0n) is 24.3. The fraction of sp³-hybridized carbons (Fsp3) is 0.448. The molecular formula is C29H37N3O9S. The predicted molar refractivity (Wildman–Crippen MR) is 152 cm³/mol. The lowest BCUT2D eigenvalue weighted by atomic mass is 10.0. The standard InChI is InChI=1S/C29H37N3O9S/c1-19-8-14-22(15-9-19)42(37,38)32-16-6-7-24(32)26(34)31-23(27(35)41-29(2,3)4)17-20-10-12-21(13-11-20)40-28(36)30-18-25(33)39-5/h8-15,23-24H,6-7,16-18H2,1-5H3,(H,30,36)(H,31,34)/t23?,24-/m0/s1. The van der Waals surface area contributed by atoms with E-state index >= 15 is 0 Å². The highest BCUT2D eigenvalue weighted by atomic mass is 32.2. The number of nitrogens with one attached hydrogen (secondary N) is 2. The molecule has 1 aliphatic rings. The van der Waals surface area contributed by atoms with Gasteiger partial charge in [-0.15, -0.1) is 0 Å². The number of nitrogens with zero attached hydrogens (tertiary/aromatic N) is 1. The van der Waals surface area contributed by atoms with Crippen LogP contribution in [0.1, 0.15) is 44.7 Å². The van der Waals surface area contributed by atoms with E-state index in [1.165, 1.54) is 35.7 Å². The lowest BCUT2D eigenvalue weighted by Gasteiger charge is -2.28. The Morgan fingerprint density at radius 1 is 1.02 bits per heavy atom. The van der Waals surface area contributed by atoms with Gasteiger partial charge >= 0.3 is 18.0 Å². The summed E-state index contributed by atoms with van der Waals surface area (Å²) in [4.78, 5) is 49.7. The van der Waals surface area contributed by atoms with Crippen LogP contribution in [0.4, 0.5) is 4.79 Å². The molecule has 13 heteroatoms. The first kappa shape index (κ1) is 32.5. The van der Waals surface area contributed by atoms with Crippen molar-refractivity contribution in [1.29, 1.82) is 0 Å². The second-order valence-electron chi connectivity index (χ2n) is 10.8. The zero-order chi connectivity index (χ0) is 31.1. The lowest BCUT2D eigenvalue weighted by Crippen LogP contribution is -2.52. The van der Waals surface area contributed by atoms with Crippen molar-refractivity contribution in [2.45, 2.75) is 69.5 Å². The number of carbonyl (C=O) groups excluding carboxylic acids is 4. The first-order valence-electron chi connectivity index (χ1n) is 13.4. The van der Waals surface area contributed by atoms with Crippen LogP contribution in [0.2, 0.25) is 0 Å². The third-order valence-corrected chi connectivity index (χ3v) is 8.24. The van der Waals surface area contributed by atoms with Crippen LogP contribution in [0.15, 0.2) is 53.4 Å². The van der Waals surface area contributed by atoms with Gasteiger partial charge in [-0.2, -0.15) is 4.31 Å². The van der Waals surface area contributed by atoms with E-state index in [-0.39, 0.29) is 30.2 Å². The maximum atomic E-state index is 13.4. The minimum Gasteiger partial charge on any atom is -0.468 e. The Kier molecular flexibility index (Phi) is 10.7. The van der Waals surface area contributed by atoms with Crippen LogP contribution in [0.5, 0.6) is 5.75 Å². The van der Waals surface area contributed by atoms with Crippen molar-refractivity contribution >= 4 is 34.0 Å². The number of methoxy groups -OCH3 is 1. The monoisotopic (exact) mass is 603 g/mol. The first-order valence-corrected chi connectivity index (χ1v) is 14.9. The summed E-state index contributed by atoms with van der Waals surface area (Å²) in [5, 5.41) is 4.96. The Labute approximate surface area is 245 Å². The number of amides is 2. The Morgan fingerprint density at radius 2 is 1.67 bits per heavy atom. The lowest BCUT2D eigenvalue weighted by molar-refractivity contribution is -0.158. The van der Waals surface area contributed by atoms with Gasteiger partial charge in [0, 0.05) is 13.0 Å². The van der Waals surface area contributed by atoms with Crippen LogP contribution in [0, 0.1) is 6.92 Å². The third kappa shape index (κ3) is 9.02. The molecule has 0 aliphatic carbocycles. The van der Waals surface area contributed by atoms with E-state index < -0.39 is 51.6 Å². The molecule has 0 aromatic heterocycles. The Hall–Kier alpha value is -3.97. The van der Waals surface area contributed by atoms with Crippen molar-refractivity contribution in [3.63, 3.8) is 0 Å². The molecule has 3 rings (SSSR count). The molecule has 2 atom stereocenters. The first-order chi connectivity index (χ1) is 19.7. The van der Waals surface area contributed by atoms with Gasteiger partial charge < -0.3 is 24.8 Å². The van der Waals surface area contributed by atoms with E-state index in [2.05, 4.69) is 15.4 Å². The molecule has 1 saturated heterocycles. The van der Waals surface area contributed by atoms with Gasteiger partial charge in [-0.3, -0.25) is 9.59 Å². The molecule has 1 aliphatic heterocycles. The van der Waals surface area contributed by atoms with E-state index in [4.69, 9.17) is 9.47 Å². The van der Waals surface area contributed by atoms with Gasteiger partial charge in [-0.1, -0.05) is 29.8 Å². The second-order valence-corrected chi connectivity index (χ2v) is 12.7. The van der Waals surface area contributed by atoms with Gasteiger partial charge in [0.2, 0.25) is 15.9 Å². The van der Waals surface area contributed by atoms with Crippen LogP contribution in [-0.2, 0) is 40.3 Å². The quantitative estimate of drug-likeness (QED) is 0.389. The molecule has 0 bridgehead atoms. The summed E-state index contributed by atoms with van der Waals surface area (Å²) in [6, 6.07) is 10.5. The van der Waals surface area contributed by atoms with Crippen LogP contribution >= 0.6 is 0 Å². The SMILES string of the molecule is COC(=O)CNC(=O)Oc1ccc(CC(NC(=O)[C@@H]2CCCN2S(=O)(=O)c2ccc(C)cc2)C(=O)OC(C)(C)C)cc1. The largest absolute Gasteiger partial charge is 0.468 e. The highest BCUT2D eigenvalue weighted by Crippen LogP contribution is 2.27. The number of esters is 2. The van der Waals surface area contributed by atoms with Crippen molar-refractivity contribution < 1.29 is 41.8 Å². The van der Waals surface area contributed by atoms with Gasteiger partial charge in [0.25, 0.3) is 0 Å². The molecular weight excluding hydrogens is 566 g/mol. The molecule has 0 radical (unpaired) electrons. The van der Waals surface area contributed by atoms with Gasteiger partial charge in [0.1, 0.15) is 30.0 Å². The number of benzene rings is 2. The highest BCUT2D eigenvalue weighted by molar-refractivity contribution is 7.89. The van der Waals surface area contributed by atoms with Crippen molar-refractivity contribution in [2.24, 2.45) is 0 Å². The van der Waals surface area contributed by atoms with Crippen molar-refractivity contribution in [2.75, 3.05) is 20.2 Å². The van der Waals surface area contributed by atoms with E-state index in [9.17, 15) is 27.6 Å². The van der Waals surface area contributed by atoms with E-state index in [0.29, 0.717) is 18.4 Å². The number of aryl methyl sites for hydroxylation is 1. The van der Waals surface area contributed by atoms with E-state index in [1.807, 2.05) is 6.92 Å². The van der Waals surface area contributed by atoms with Gasteiger partial charge in [-0.05, 0) is 70.4 Å². The molecule has 12 nitrogen and oxygen atoms in total. The summed E-state index contributed by atoms with van der Waals surface area (Å²) in [6.45, 7) is 6.79. The summed E-state index contributed by atoms with van der Waals surface area (Å²) in [5.74, 6) is -1.72. The number of hydrogen-bond acceptors (Lipinski definition) is 9. The van der Waals surface area contributed by atoms with Crippen LogP contribution in [0.3, 0.4) is 0 Å². The third-order valence-electron chi connectivity index (χ3n) is 6.32. The molecule has 42 heavy (non-hydrogen) atoms. The number of rotatable bonds is 10. The normalized spacial score (nSPS) is 16.3. The van der Waals surface area contributed by atoms with Gasteiger partial charge in [0.15, 0.2) is 0 Å². The predicted octanol–water partition coefficient (Wildman–Crippen LogP) is 2.48. The summed E-state index contributed by atoms with van der Waals surface area (Å²) in [7, 11) is -2.74. The minimum absolute atomic E-state index is 0.0346. The molecule has 1 unspecified atom stereocenters. The van der Waals surface area contributed by atoms with Gasteiger partial charge in [-0.25, -0.2) is 18.0 Å².